The van der Waals surface area contributed by atoms with Gasteiger partial charge in [0.05, 0.1) is 18.0 Å². The summed E-state index contributed by atoms with van der Waals surface area (Å²) in [5, 5.41) is 9.97. The molecule has 0 N–H and O–H groups in total. The molecular formula is C17H19N3O3. The fraction of sp³-hybridized carbons (Fsp3) is 0.235. The van der Waals surface area contributed by atoms with Crippen LogP contribution in [-0.2, 0) is 9.53 Å². The van der Waals surface area contributed by atoms with Crippen molar-refractivity contribution in [2.24, 2.45) is 10.3 Å². The molecular weight excluding hydrogens is 294 g/mol. The van der Waals surface area contributed by atoms with Gasteiger partial charge in [-0.05, 0) is 43.3 Å². The second kappa shape index (κ2) is 8.53. The van der Waals surface area contributed by atoms with Crippen molar-refractivity contribution in [3.63, 3.8) is 0 Å². The molecule has 23 heavy (non-hydrogen) atoms. The maximum absolute atomic E-state index is 11.2. The minimum absolute atomic E-state index is 0.106. The van der Waals surface area contributed by atoms with E-state index < -0.39 is 0 Å². The zero-order valence-corrected chi connectivity index (χ0v) is 13.2. The van der Waals surface area contributed by atoms with E-state index in [2.05, 4.69) is 10.3 Å². The normalized spacial score (nSPS) is 10.5. The molecule has 0 saturated heterocycles. The first kappa shape index (κ1) is 16.5. The number of carbonyl (C=O) groups is 1. The number of nitrogens with zero attached hydrogens (tertiary/aromatic N) is 3. The first-order valence-corrected chi connectivity index (χ1v) is 7.28. The Morgan fingerprint density at radius 3 is 2.43 bits per heavy atom. The molecule has 0 atom stereocenters. The molecule has 0 radical (unpaired) electrons. The maximum atomic E-state index is 11.2. The quantitative estimate of drug-likeness (QED) is 0.443. The number of rotatable bonds is 7. The third kappa shape index (κ3) is 5.43. The Kier molecular flexibility index (Phi) is 6.11. The van der Waals surface area contributed by atoms with Crippen LogP contribution < -0.4 is 9.75 Å². The fourth-order valence-electron chi connectivity index (χ4n) is 1.77. The van der Waals surface area contributed by atoms with Gasteiger partial charge in [-0.2, -0.15) is 0 Å². The van der Waals surface area contributed by atoms with Crippen LogP contribution in [0.3, 0.4) is 0 Å². The van der Waals surface area contributed by atoms with Crippen LogP contribution in [0.4, 0.5) is 11.4 Å². The molecule has 0 heterocycles. The molecule has 0 saturated carbocycles. The lowest BCUT2D eigenvalue weighted by Crippen LogP contribution is -2.14. The Bertz CT molecular complexity index is 642. The molecule has 0 amide bonds. The summed E-state index contributed by atoms with van der Waals surface area (Å²) in [5.41, 5.74) is 1.64. The number of hydrogen-bond acceptors (Lipinski definition) is 5. The minimum Gasteiger partial charge on any atom is -0.482 e. The van der Waals surface area contributed by atoms with Gasteiger partial charge in [0, 0.05) is 7.05 Å². The smallest absolute Gasteiger partial charge is 0.344 e. The van der Waals surface area contributed by atoms with E-state index in [0.29, 0.717) is 18.0 Å². The first-order chi connectivity index (χ1) is 11.2. The molecule has 0 unspecified atom stereocenters. The summed E-state index contributed by atoms with van der Waals surface area (Å²) in [6, 6.07) is 16.7. The second-order valence-corrected chi connectivity index (χ2v) is 4.64. The van der Waals surface area contributed by atoms with Crippen molar-refractivity contribution in [3.05, 3.63) is 54.6 Å². The minimum atomic E-state index is -0.388. The highest BCUT2D eigenvalue weighted by Crippen LogP contribution is 2.20. The Labute approximate surface area is 135 Å². The number of esters is 1. The highest BCUT2D eigenvalue weighted by atomic mass is 16.6. The summed E-state index contributed by atoms with van der Waals surface area (Å²) >= 11 is 0. The summed E-state index contributed by atoms with van der Waals surface area (Å²) in [5.74, 6) is 0.189. The summed E-state index contributed by atoms with van der Waals surface area (Å²) in [7, 11) is 1.83. The van der Waals surface area contributed by atoms with Gasteiger partial charge in [-0.25, -0.2) is 9.80 Å². The molecule has 0 aliphatic heterocycles. The van der Waals surface area contributed by atoms with Gasteiger partial charge in [0.15, 0.2) is 6.61 Å². The Morgan fingerprint density at radius 2 is 1.78 bits per heavy atom. The molecule has 0 bridgehead atoms. The van der Waals surface area contributed by atoms with E-state index in [-0.39, 0.29) is 12.6 Å². The number of ether oxygens (including phenoxy) is 2. The lowest BCUT2D eigenvalue weighted by atomic mass is 10.3. The van der Waals surface area contributed by atoms with Crippen molar-refractivity contribution in [1.29, 1.82) is 0 Å². The van der Waals surface area contributed by atoms with Crippen molar-refractivity contribution in [3.8, 4) is 5.75 Å². The summed E-state index contributed by atoms with van der Waals surface area (Å²) in [6.45, 7) is 1.99. The van der Waals surface area contributed by atoms with Gasteiger partial charge in [-0.3, -0.25) is 0 Å². The van der Waals surface area contributed by atoms with E-state index >= 15 is 0 Å². The zero-order chi connectivity index (χ0) is 16.5. The lowest BCUT2D eigenvalue weighted by Gasteiger charge is -2.10. The molecule has 6 nitrogen and oxygen atoms in total. The molecule has 6 heteroatoms. The largest absolute Gasteiger partial charge is 0.482 e. The van der Waals surface area contributed by atoms with E-state index in [1.807, 2.05) is 37.4 Å². The Balaban J connectivity index is 1.89. The van der Waals surface area contributed by atoms with Crippen molar-refractivity contribution in [2.75, 3.05) is 25.3 Å². The Morgan fingerprint density at radius 1 is 1.09 bits per heavy atom. The van der Waals surface area contributed by atoms with Crippen LogP contribution in [0.1, 0.15) is 6.92 Å². The van der Waals surface area contributed by atoms with E-state index in [0.717, 1.165) is 5.69 Å². The van der Waals surface area contributed by atoms with Gasteiger partial charge < -0.3 is 9.47 Å². The summed E-state index contributed by atoms with van der Waals surface area (Å²) in [6.07, 6.45) is 0. The van der Waals surface area contributed by atoms with Crippen LogP contribution in [-0.4, -0.2) is 26.2 Å². The van der Waals surface area contributed by atoms with E-state index in [1.54, 1.807) is 36.2 Å². The molecule has 2 rings (SSSR count). The topological polar surface area (TPSA) is 63.5 Å². The Hall–Kier alpha value is -2.89. The molecule has 2 aromatic rings. The lowest BCUT2D eigenvalue weighted by molar-refractivity contribution is -0.145. The van der Waals surface area contributed by atoms with Crippen LogP contribution in [0.2, 0.25) is 0 Å². The maximum Gasteiger partial charge on any atom is 0.344 e. The highest BCUT2D eigenvalue weighted by Gasteiger charge is 2.03. The fourth-order valence-corrected chi connectivity index (χ4v) is 1.77. The van der Waals surface area contributed by atoms with Crippen molar-refractivity contribution >= 4 is 17.3 Å². The molecule has 120 valence electrons. The standard InChI is InChI=1S/C17H19N3O3/c1-3-22-17(21)13-23-16-11-9-14(10-12-16)18-19-20(2)15-7-5-4-6-8-15/h4-12H,3,13H2,1-2H3. The number of anilines is 1. The molecule has 0 fully saturated rings. The number of hydrogen-bond donors (Lipinski definition) is 0. The number of benzene rings is 2. The van der Waals surface area contributed by atoms with Crippen molar-refractivity contribution < 1.29 is 14.3 Å². The summed E-state index contributed by atoms with van der Waals surface area (Å²) < 4.78 is 10.1. The van der Waals surface area contributed by atoms with Gasteiger partial charge in [-0.1, -0.05) is 23.4 Å². The van der Waals surface area contributed by atoms with Gasteiger partial charge >= 0.3 is 5.97 Å². The second-order valence-electron chi connectivity index (χ2n) is 4.64. The molecule has 0 spiro atoms. The van der Waals surface area contributed by atoms with Gasteiger partial charge in [0.1, 0.15) is 5.75 Å². The van der Waals surface area contributed by atoms with E-state index in [4.69, 9.17) is 9.47 Å². The zero-order valence-electron chi connectivity index (χ0n) is 13.2. The first-order valence-electron chi connectivity index (χ1n) is 7.28. The van der Waals surface area contributed by atoms with E-state index in [1.165, 1.54) is 0 Å². The van der Waals surface area contributed by atoms with Crippen LogP contribution >= 0.6 is 0 Å². The monoisotopic (exact) mass is 313 g/mol. The van der Waals surface area contributed by atoms with E-state index in [9.17, 15) is 4.79 Å². The van der Waals surface area contributed by atoms with Crippen LogP contribution in [0, 0.1) is 0 Å². The SMILES string of the molecule is CCOC(=O)COc1ccc(N=NN(C)c2ccccc2)cc1. The summed E-state index contributed by atoms with van der Waals surface area (Å²) in [4.78, 5) is 11.2. The number of carbonyl (C=O) groups excluding carboxylic acids is 1. The molecule has 0 aliphatic carbocycles. The third-order valence-electron chi connectivity index (χ3n) is 2.92. The average Bonchev–Trinajstić information content (AvgIpc) is 2.60. The predicted octanol–water partition coefficient (Wildman–Crippen LogP) is 3.76. The van der Waals surface area contributed by atoms with Gasteiger partial charge in [0.25, 0.3) is 0 Å². The van der Waals surface area contributed by atoms with Crippen molar-refractivity contribution in [2.45, 2.75) is 6.92 Å². The van der Waals surface area contributed by atoms with Crippen LogP contribution in [0.25, 0.3) is 0 Å². The molecule has 0 aromatic heterocycles. The number of para-hydroxylation sites is 1. The van der Waals surface area contributed by atoms with Gasteiger partial charge in [-0.15, -0.1) is 5.11 Å². The van der Waals surface area contributed by atoms with Crippen LogP contribution in [0.5, 0.6) is 5.75 Å². The highest BCUT2D eigenvalue weighted by molar-refractivity contribution is 5.71. The third-order valence-corrected chi connectivity index (χ3v) is 2.92. The average molecular weight is 313 g/mol. The van der Waals surface area contributed by atoms with Gasteiger partial charge in [0.2, 0.25) is 0 Å². The van der Waals surface area contributed by atoms with Crippen LogP contribution in [0.15, 0.2) is 64.9 Å². The predicted molar refractivity (Wildman–Crippen MR) is 87.9 cm³/mol. The molecule has 2 aromatic carbocycles. The molecule has 0 aliphatic rings. The van der Waals surface area contributed by atoms with Crippen molar-refractivity contribution in [1.82, 2.24) is 0 Å².